The molecule has 0 bridgehead atoms. The zero-order chi connectivity index (χ0) is 12.1. The van der Waals surface area contributed by atoms with Crippen molar-refractivity contribution in [1.29, 1.82) is 0 Å². The zero-order valence-corrected chi connectivity index (χ0v) is 10.9. The topological polar surface area (TPSA) is 61.9 Å². The first-order chi connectivity index (χ1) is 8.21. The maximum absolute atomic E-state index is 12.4. The Morgan fingerprint density at radius 2 is 1.65 bits per heavy atom. The van der Waals surface area contributed by atoms with Gasteiger partial charge in [0.1, 0.15) is 0 Å². The summed E-state index contributed by atoms with van der Waals surface area (Å²) in [7, 11) is -3.29. The monoisotopic (exact) mass is 263 g/mol. The van der Waals surface area contributed by atoms with Gasteiger partial charge >= 0.3 is 0 Å². The van der Waals surface area contributed by atoms with Gasteiger partial charge in [-0.3, -0.25) is 0 Å². The molecule has 2 aliphatic heterocycles. The maximum atomic E-state index is 12.4. The Morgan fingerprint density at radius 3 is 2.53 bits per heavy atom. The lowest BCUT2D eigenvalue weighted by molar-refractivity contribution is 0.147. The normalized spacial score (nSPS) is 26.4. The maximum Gasteiger partial charge on any atom is 0.282 e. The molecule has 0 aromatic heterocycles. The third-order valence-corrected chi connectivity index (χ3v) is 5.17. The van der Waals surface area contributed by atoms with Crippen LogP contribution in [0.5, 0.6) is 0 Å². The Balaban J connectivity index is 2.04. The third-order valence-electron chi connectivity index (χ3n) is 3.13. The zero-order valence-electron chi connectivity index (χ0n) is 10.1. The van der Waals surface area contributed by atoms with Crippen molar-refractivity contribution in [2.24, 2.45) is 0 Å². The molecule has 7 heteroatoms. The fourth-order valence-electron chi connectivity index (χ4n) is 2.17. The predicted molar refractivity (Wildman–Crippen MR) is 65.0 cm³/mol. The largest absolute Gasteiger partial charge is 0.380 e. The van der Waals surface area contributed by atoms with Crippen molar-refractivity contribution in [3.05, 3.63) is 0 Å². The Labute approximate surface area is 103 Å². The van der Waals surface area contributed by atoms with Crippen LogP contribution in [0.2, 0.25) is 0 Å². The van der Waals surface area contributed by atoms with Crippen molar-refractivity contribution < 1.29 is 13.2 Å². The van der Waals surface area contributed by atoms with Gasteiger partial charge in [-0.2, -0.15) is 17.0 Å². The second-order valence-electron chi connectivity index (χ2n) is 4.38. The molecule has 0 spiro atoms. The molecule has 0 unspecified atom stereocenters. The minimum absolute atomic E-state index is 0.478. The highest BCUT2D eigenvalue weighted by Crippen LogP contribution is 2.12. The molecule has 2 heterocycles. The molecular weight excluding hydrogens is 242 g/mol. The fraction of sp³-hybridized carbons (Fsp3) is 1.00. The molecule has 0 saturated carbocycles. The molecule has 0 atom stereocenters. The molecule has 2 fully saturated rings. The lowest BCUT2D eigenvalue weighted by Gasteiger charge is -2.27. The molecule has 0 amide bonds. The predicted octanol–water partition coefficient (Wildman–Crippen LogP) is -0.751. The summed E-state index contributed by atoms with van der Waals surface area (Å²) in [6.45, 7) is 5.04. The lowest BCUT2D eigenvalue weighted by atomic mass is 10.4. The summed E-state index contributed by atoms with van der Waals surface area (Å²) in [4.78, 5) is 0. The molecule has 2 rings (SSSR count). The molecule has 1 N–H and O–H groups in total. The van der Waals surface area contributed by atoms with Crippen LogP contribution in [0.4, 0.5) is 0 Å². The van der Waals surface area contributed by atoms with Crippen LogP contribution in [-0.4, -0.2) is 69.5 Å². The Kier molecular flexibility index (Phi) is 4.75. The molecule has 2 saturated heterocycles. The van der Waals surface area contributed by atoms with Crippen LogP contribution in [0, 0.1) is 0 Å². The molecule has 0 aliphatic carbocycles. The summed E-state index contributed by atoms with van der Waals surface area (Å²) >= 11 is 0. The van der Waals surface area contributed by atoms with Gasteiger partial charge in [-0.05, 0) is 19.4 Å². The van der Waals surface area contributed by atoms with Gasteiger partial charge in [-0.1, -0.05) is 0 Å². The second-order valence-corrected chi connectivity index (χ2v) is 6.30. The van der Waals surface area contributed by atoms with Gasteiger partial charge in [0.05, 0.1) is 6.61 Å². The first-order valence-corrected chi connectivity index (χ1v) is 7.64. The van der Waals surface area contributed by atoms with E-state index in [0.29, 0.717) is 39.4 Å². The van der Waals surface area contributed by atoms with E-state index in [1.807, 2.05) is 0 Å². The van der Waals surface area contributed by atoms with Crippen LogP contribution in [-0.2, 0) is 14.9 Å². The van der Waals surface area contributed by atoms with Gasteiger partial charge in [0.25, 0.3) is 10.2 Å². The quantitative estimate of drug-likeness (QED) is 0.712. The Morgan fingerprint density at radius 1 is 0.882 bits per heavy atom. The first kappa shape index (κ1) is 13.2. The number of hydrogen-bond acceptors (Lipinski definition) is 4. The van der Waals surface area contributed by atoms with Crippen molar-refractivity contribution in [2.75, 3.05) is 52.5 Å². The number of hydrogen-bond donors (Lipinski definition) is 1. The number of nitrogens with one attached hydrogen (secondary N) is 1. The number of ether oxygens (including phenoxy) is 1. The number of rotatable bonds is 2. The molecule has 2 aliphatic rings. The summed E-state index contributed by atoms with van der Waals surface area (Å²) in [5, 5.41) is 3.22. The van der Waals surface area contributed by atoms with Crippen LogP contribution in [0.15, 0.2) is 0 Å². The summed E-state index contributed by atoms with van der Waals surface area (Å²) in [5.41, 5.74) is 0. The Bertz CT molecular complexity index is 292. The highest BCUT2D eigenvalue weighted by Gasteiger charge is 2.30. The van der Waals surface area contributed by atoms with Gasteiger partial charge in [-0.15, -0.1) is 0 Å². The minimum atomic E-state index is -3.29. The van der Waals surface area contributed by atoms with Crippen molar-refractivity contribution in [3.63, 3.8) is 0 Å². The molecule has 100 valence electrons. The summed E-state index contributed by atoms with van der Waals surface area (Å²) in [5.74, 6) is 0. The summed E-state index contributed by atoms with van der Waals surface area (Å²) in [6, 6.07) is 0. The molecule has 6 nitrogen and oxygen atoms in total. The standard InChI is InChI=1S/C10H21N3O3S/c14-17(15,12-5-1-3-11-4-7-12)13-6-2-9-16-10-8-13/h11H,1-10H2. The lowest BCUT2D eigenvalue weighted by Crippen LogP contribution is -2.46. The summed E-state index contributed by atoms with van der Waals surface area (Å²) in [6.07, 6.45) is 1.66. The summed E-state index contributed by atoms with van der Waals surface area (Å²) < 4.78 is 33.3. The average Bonchev–Trinajstić information content (AvgIpc) is 2.74. The molecule has 0 aromatic rings. The van der Waals surface area contributed by atoms with E-state index in [1.54, 1.807) is 8.61 Å². The van der Waals surface area contributed by atoms with Crippen molar-refractivity contribution in [2.45, 2.75) is 12.8 Å². The van der Waals surface area contributed by atoms with Crippen LogP contribution >= 0.6 is 0 Å². The highest BCUT2D eigenvalue weighted by atomic mass is 32.2. The van der Waals surface area contributed by atoms with Crippen molar-refractivity contribution >= 4 is 10.2 Å². The molecular formula is C10H21N3O3S. The SMILES string of the molecule is O=S(=O)(N1CCCNCC1)N1CCCOCC1. The van der Waals surface area contributed by atoms with Gasteiger partial charge < -0.3 is 10.1 Å². The molecule has 17 heavy (non-hydrogen) atoms. The van der Waals surface area contributed by atoms with Gasteiger partial charge in [0, 0.05) is 39.3 Å². The van der Waals surface area contributed by atoms with E-state index < -0.39 is 10.2 Å². The molecule has 0 radical (unpaired) electrons. The smallest absolute Gasteiger partial charge is 0.282 e. The third kappa shape index (κ3) is 3.38. The Hall–Kier alpha value is -0.210. The molecule has 0 aromatic carbocycles. The van der Waals surface area contributed by atoms with E-state index in [-0.39, 0.29) is 0 Å². The average molecular weight is 263 g/mol. The van der Waals surface area contributed by atoms with Crippen molar-refractivity contribution in [3.8, 4) is 0 Å². The highest BCUT2D eigenvalue weighted by molar-refractivity contribution is 7.86. The van der Waals surface area contributed by atoms with E-state index in [4.69, 9.17) is 4.74 Å². The van der Waals surface area contributed by atoms with Gasteiger partial charge in [0.2, 0.25) is 0 Å². The van der Waals surface area contributed by atoms with E-state index in [0.717, 1.165) is 25.9 Å². The van der Waals surface area contributed by atoms with E-state index in [1.165, 1.54) is 0 Å². The van der Waals surface area contributed by atoms with Gasteiger partial charge in [-0.25, -0.2) is 0 Å². The van der Waals surface area contributed by atoms with Crippen molar-refractivity contribution in [1.82, 2.24) is 13.9 Å². The van der Waals surface area contributed by atoms with Crippen LogP contribution < -0.4 is 5.32 Å². The van der Waals surface area contributed by atoms with E-state index >= 15 is 0 Å². The van der Waals surface area contributed by atoms with Crippen LogP contribution in [0.3, 0.4) is 0 Å². The first-order valence-electron chi connectivity index (χ1n) is 6.25. The fourth-order valence-corrected chi connectivity index (χ4v) is 3.84. The van der Waals surface area contributed by atoms with Crippen LogP contribution in [0.25, 0.3) is 0 Å². The number of nitrogens with zero attached hydrogens (tertiary/aromatic N) is 2. The van der Waals surface area contributed by atoms with E-state index in [9.17, 15) is 8.42 Å². The minimum Gasteiger partial charge on any atom is -0.380 e. The second kappa shape index (κ2) is 6.10. The van der Waals surface area contributed by atoms with Crippen LogP contribution in [0.1, 0.15) is 12.8 Å². The van der Waals surface area contributed by atoms with Gasteiger partial charge in [0.15, 0.2) is 0 Å². The van der Waals surface area contributed by atoms with E-state index in [2.05, 4.69) is 5.32 Å².